The van der Waals surface area contributed by atoms with E-state index >= 15 is 0 Å². The van der Waals surface area contributed by atoms with Crippen LogP contribution in [0.2, 0.25) is 5.02 Å². The molecule has 0 radical (unpaired) electrons. The van der Waals surface area contributed by atoms with Gasteiger partial charge in [0.2, 0.25) is 15.9 Å². The summed E-state index contributed by atoms with van der Waals surface area (Å²) < 4.78 is 40.0. The van der Waals surface area contributed by atoms with Gasteiger partial charge in [-0.05, 0) is 24.3 Å². The van der Waals surface area contributed by atoms with Gasteiger partial charge in [-0.1, -0.05) is 23.7 Å². The lowest BCUT2D eigenvalue weighted by atomic mass is 10.3. The van der Waals surface area contributed by atoms with Gasteiger partial charge in [0.1, 0.15) is 5.82 Å². The Labute approximate surface area is 177 Å². The smallest absolute Gasteiger partial charge is 0.289 e. The summed E-state index contributed by atoms with van der Waals surface area (Å²) in [6, 6.07) is 9.02. The van der Waals surface area contributed by atoms with Crippen LogP contribution < -0.4 is 5.32 Å². The fourth-order valence-corrected chi connectivity index (χ4v) is 4.83. The van der Waals surface area contributed by atoms with Crippen molar-refractivity contribution in [3.63, 3.8) is 0 Å². The van der Waals surface area contributed by atoms with Crippen molar-refractivity contribution in [1.82, 2.24) is 9.21 Å². The van der Waals surface area contributed by atoms with Crippen LogP contribution in [-0.4, -0.2) is 61.2 Å². The summed E-state index contributed by atoms with van der Waals surface area (Å²) in [7, 11) is -4.03. The molecule has 1 aliphatic rings. The van der Waals surface area contributed by atoms with Gasteiger partial charge >= 0.3 is 0 Å². The highest BCUT2D eigenvalue weighted by Gasteiger charge is 2.33. The zero-order chi connectivity index (χ0) is 21.9. The summed E-state index contributed by atoms with van der Waals surface area (Å²) in [4.78, 5) is 24.0. The fraction of sp³-hybridized carbons (Fsp3) is 0.278. The Morgan fingerprint density at radius 2 is 1.83 bits per heavy atom. The van der Waals surface area contributed by atoms with Crippen LogP contribution in [0.3, 0.4) is 0 Å². The summed E-state index contributed by atoms with van der Waals surface area (Å²) >= 11 is 5.69. The van der Waals surface area contributed by atoms with Crippen LogP contribution in [0.25, 0.3) is 0 Å². The maximum absolute atomic E-state index is 13.2. The lowest BCUT2D eigenvalue weighted by molar-refractivity contribution is -0.387. The van der Waals surface area contributed by atoms with Crippen molar-refractivity contribution < 1.29 is 22.5 Å². The molecule has 1 amide bonds. The van der Waals surface area contributed by atoms with E-state index in [0.717, 1.165) is 12.1 Å². The minimum absolute atomic E-state index is 0.00830. The first-order chi connectivity index (χ1) is 14.2. The number of piperazine rings is 1. The zero-order valence-electron chi connectivity index (χ0n) is 15.6. The van der Waals surface area contributed by atoms with Gasteiger partial charge in [-0.2, -0.15) is 4.31 Å². The van der Waals surface area contributed by atoms with Crippen molar-refractivity contribution in [3.8, 4) is 0 Å². The van der Waals surface area contributed by atoms with Gasteiger partial charge in [0.25, 0.3) is 5.69 Å². The first-order valence-corrected chi connectivity index (χ1v) is 10.7. The molecule has 3 rings (SSSR count). The Hall–Kier alpha value is -2.60. The van der Waals surface area contributed by atoms with Crippen molar-refractivity contribution in [2.45, 2.75) is 4.90 Å². The summed E-state index contributed by atoms with van der Waals surface area (Å²) in [5, 5.41) is 13.7. The number of nitro groups is 1. The van der Waals surface area contributed by atoms with E-state index in [9.17, 15) is 27.7 Å². The van der Waals surface area contributed by atoms with Crippen LogP contribution >= 0.6 is 11.6 Å². The van der Waals surface area contributed by atoms with Gasteiger partial charge in [-0.3, -0.25) is 19.8 Å². The van der Waals surface area contributed by atoms with E-state index in [4.69, 9.17) is 11.6 Å². The van der Waals surface area contributed by atoms with E-state index < -0.39 is 26.5 Å². The van der Waals surface area contributed by atoms with Gasteiger partial charge in [-0.15, -0.1) is 0 Å². The Morgan fingerprint density at radius 1 is 1.17 bits per heavy atom. The first kappa shape index (κ1) is 22.1. The van der Waals surface area contributed by atoms with Gasteiger partial charge in [0.15, 0.2) is 4.90 Å². The Balaban J connectivity index is 1.60. The number of para-hydroxylation sites is 1. The molecular formula is C18H18ClFN4O5S. The van der Waals surface area contributed by atoms with Crippen molar-refractivity contribution in [2.75, 3.05) is 38.0 Å². The van der Waals surface area contributed by atoms with E-state index in [2.05, 4.69) is 5.32 Å². The predicted octanol–water partition coefficient (Wildman–Crippen LogP) is 2.33. The number of nitro benzene ring substituents is 1. The molecule has 12 heteroatoms. The van der Waals surface area contributed by atoms with E-state index in [1.165, 1.54) is 34.6 Å². The molecule has 9 nitrogen and oxygen atoms in total. The number of anilines is 1. The van der Waals surface area contributed by atoms with E-state index in [0.29, 0.717) is 5.69 Å². The molecule has 0 saturated carbocycles. The number of amides is 1. The Morgan fingerprint density at radius 3 is 2.47 bits per heavy atom. The third kappa shape index (κ3) is 4.93. The summed E-state index contributed by atoms with van der Waals surface area (Å²) in [6.07, 6.45) is 0. The number of halogens is 2. The highest BCUT2D eigenvalue weighted by Crippen LogP contribution is 2.27. The third-order valence-electron chi connectivity index (χ3n) is 4.58. The molecule has 160 valence electrons. The SMILES string of the molecule is O=C(CN1CCN(S(=O)(=O)c2ccccc2[N+](=O)[O-])CC1)Nc1ccc(F)c(Cl)c1. The van der Waals surface area contributed by atoms with E-state index in [1.807, 2.05) is 0 Å². The topological polar surface area (TPSA) is 113 Å². The number of sulfonamides is 1. The molecule has 0 spiro atoms. The maximum atomic E-state index is 13.2. The lowest BCUT2D eigenvalue weighted by Gasteiger charge is -2.33. The van der Waals surface area contributed by atoms with Crippen LogP contribution in [-0.2, 0) is 14.8 Å². The molecule has 1 fully saturated rings. The van der Waals surface area contributed by atoms with Crippen LogP contribution in [0.1, 0.15) is 0 Å². The average Bonchev–Trinajstić information content (AvgIpc) is 2.71. The highest BCUT2D eigenvalue weighted by molar-refractivity contribution is 7.89. The molecule has 0 bridgehead atoms. The number of hydrogen-bond acceptors (Lipinski definition) is 6. The van der Waals surface area contributed by atoms with Crippen molar-refractivity contribution in [3.05, 3.63) is 63.4 Å². The van der Waals surface area contributed by atoms with Crippen molar-refractivity contribution >= 4 is 38.9 Å². The molecule has 2 aromatic carbocycles. The average molecular weight is 457 g/mol. The Bertz CT molecular complexity index is 1070. The van der Waals surface area contributed by atoms with E-state index in [1.54, 1.807) is 4.90 Å². The third-order valence-corrected chi connectivity index (χ3v) is 6.82. The molecule has 1 heterocycles. The molecule has 1 saturated heterocycles. The minimum atomic E-state index is -4.03. The number of nitrogens with zero attached hydrogens (tertiary/aromatic N) is 3. The maximum Gasteiger partial charge on any atom is 0.289 e. The zero-order valence-corrected chi connectivity index (χ0v) is 17.2. The molecule has 0 aliphatic carbocycles. The summed E-state index contributed by atoms with van der Waals surface area (Å²) in [5.41, 5.74) is -0.124. The second-order valence-electron chi connectivity index (χ2n) is 6.58. The second-order valence-corrected chi connectivity index (χ2v) is 8.90. The van der Waals surface area contributed by atoms with Gasteiger partial charge in [0.05, 0.1) is 16.5 Å². The number of benzene rings is 2. The highest BCUT2D eigenvalue weighted by atomic mass is 35.5. The van der Waals surface area contributed by atoms with Crippen LogP contribution in [0.15, 0.2) is 47.4 Å². The molecule has 0 atom stereocenters. The molecule has 30 heavy (non-hydrogen) atoms. The largest absolute Gasteiger partial charge is 0.325 e. The number of carbonyl (C=O) groups is 1. The van der Waals surface area contributed by atoms with Crippen molar-refractivity contribution in [1.29, 1.82) is 0 Å². The fourth-order valence-electron chi connectivity index (χ4n) is 3.07. The number of rotatable bonds is 6. The molecule has 2 aromatic rings. The quantitative estimate of drug-likeness (QED) is 0.527. The van der Waals surface area contributed by atoms with Crippen LogP contribution in [0.4, 0.5) is 15.8 Å². The Kier molecular flexibility index (Phi) is 6.66. The molecule has 0 aromatic heterocycles. The van der Waals surface area contributed by atoms with Crippen molar-refractivity contribution in [2.24, 2.45) is 0 Å². The van der Waals surface area contributed by atoms with Crippen LogP contribution in [0.5, 0.6) is 0 Å². The lowest BCUT2D eigenvalue weighted by Crippen LogP contribution is -2.50. The predicted molar refractivity (Wildman–Crippen MR) is 108 cm³/mol. The number of nitrogens with one attached hydrogen (secondary N) is 1. The van der Waals surface area contributed by atoms with Gasteiger partial charge in [0, 0.05) is 37.9 Å². The monoisotopic (exact) mass is 456 g/mol. The summed E-state index contributed by atoms with van der Waals surface area (Å²) in [6.45, 7) is 0.733. The number of carbonyl (C=O) groups excluding carboxylic acids is 1. The van der Waals surface area contributed by atoms with Crippen LogP contribution in [0, 0.1) is 15.9 Å². The normalized spacial score (nSPS) is 15.7. The molecule has 1 aliphatic heterocycles. The molecule has 1 N–H and O–H groups in total. The molecule has 0 unspecified atom stereocenters. The van der Waals surface area contributed by atoms with Gasteiger partial charge < -0.3 is 5.32 Å². The number of hydrogen-bond donors (Lipinski definition) is 1. The first-order valence-electron chi connectivity index (χ1n) is 8.89. The molecular weight excluding hydrogens is 439 g/mol. The van der Waals surface area contributed by atoms with E-state index in [-0.39, 0.29) is 48.5 Å². The standard InChI is InChI=1S/C18H18ClFN4O5S/c19-14-11-13(5-6-15(14)20)21-18(25)12-22-7-9-23(10-8-22)30(28,29)17-4-2-1-3-16(17)24(26)27/h1-6,11H,7-10,12H2,(H,21,25). The second kappa shape index (κ2) is 9.04. The summed E-state index contributed by atoms with van der Waals surface area (Å²) in [5.74, 6) is -0.946. The minimum Gasteiger partial charge on any atom is -0.325 e. The van der Waals surface area contributed by atoms with Gasteiger partial charge in [-0.25, -0.2) is 12.8 Å².